The molecule has 0 aromatic carbocycles. The first-order valence-corrected chi connectivity index (χ1v) is 6.20. The van der Waals surface area contributed by atoms with Gasteiger partial charge in [-0.1, -0.05) is 13.3 Å². The summed E-state index contributed by atoms with van der Waals surface area (Å²) >= 11 is 0. The van der Waals surface area contributed by atoms with Crippen molar-refractivity contribution in [3.8, 4) is 0 Å². The number of nitrogens with zero attached hydrogens (tertiary/aromatic N) is 1. The molecule has 98 valence electrons. The molecule has 1 saturated carbocycles. The SMILES string of the molecule is CCC1(CNc2nccc(C(=O)O)c2F)CCC1. The molecule has 1 aliphatic rings. The zero-order valence-electron chi connectivity index (χ0n) is 10.4. The Balaban J connectivity index is 2.10. The standard InChI is InChI=1S/C13H17FN2O2/c1-2-13(5-3-6-13)8-16-11-10(14)9(12(17)18)4-7-15-11/h4,7H,2-3,5-6,8H2,1H3,(H,15,16)(H,17,18). The zero-order valence-corrected chi connectivity index (χ0v) is 10.4. The lowest BCUT2D eigenvalue weighted by atomic mass is 9.67. The van der Waals surface area contributed by atoms with Crippen LogP contribution in [0.1, 0.15) is 43.0 Å². The number of carboxylic acids is 1. The largest absolute Gasteiger partial charge is 0.478 e. The van der Waals surface area contributed by atoms with Gasteiger partial charge < -0.3 is 10.4 Å². The average Bonchev–Trinajstić information content (AvgIpc) is 2.29. The van der Waals surface area contributed by atoms with Gasteiger partial charge in [-0.2, -0.15) is 0 Å². The van der Waals surface area contributed by atoms with Gasteiger partial charge in [0.25, 0.3) is 0 Å². The second kappa shape index (κ2) is 4.92. The molecule has 0 unspecified atom stereocenters. The third-order valence-corrected chi connectivity index (χ3v) is 3.91. The Labute approximate surface area is 105 Å². The van der Waals surface area contributed by atoms with Crippen molar-refractivity contribution < 1.29 is 14.3 Å². The minimum Gasteiger partial charge on any atom is -0.478 e. The first kappa shape index (κ1) is 12.8. The number of hydrogen-bond acceptors (Lipinski definition) is 3. The molecule has 0 spiro atoms. The normalized spacial score (nSPS) is 17.0. The van der Waals surface area contributed by atoms with Crippen molar-refractivity contribution in [3.05, 3.63) is 23.6 Å². The summed E-state index contributed by atoms with van der Waals surface area (Å²) in [6.07, 6.45) is 5.84. The highest BCUT2D eigenvalue weighted by molar-refractivity contribution is 5.88. The van der Waals surface area contributed by atoms with E-state index in [-0.39, 0.29) is 16.8 Å². The summed E-state index contributed by atoms with van der Waals surface area (Å²) in [4.78, 5) is 14.7. The molecule has 0 aliphatic heterocycles. The van der Waals surface area contributed by atoms with Crippen molar-refractivity contribution in [2.45, 2.75) is 32.6 Å². The summed E-state index contributed by atoms with van der Waals surface area (Å²) in [7, 11) is 0. The quantitative estimate of drug-likeness (QED) is 0.845. The molecule has 1 aliphatic carbocycles. The van der Waals surface area contributed by atoms with Crippen LogP contribution >= 0.6 is 0 Å². The number of hydrogen-bond donors (Lipinski definition) is 2. The van der Waals surface area contributed by atoms with Crippen LogP contribution in [0.4, 0.5) is 10.2 Å². The maximum atomic E-state index is 13.8. The van der Waals surface area contributed by atoms with Crippen molar-refractivity contribution >= 4 is 11.8 Å². The minimum absolute atomic E-state index is 0.0367. The van der Waals surface area contributed by atoms with Crippen LogP contribution in [0.25, 0.3) is 0 Å². The van der Waals surface area contributed by atoms with E-state index >= 15 is 0 Å². The Morgan fingerprint density at radius 3 is 2.83 bits per heavy atom. The topological polar surface area (TPSA) is 62.2 Å². The van der Waals surface area contributed by atoms with E-state index < -0.39 is 11.8 Å². The van der Waals surface area contributed by atoms with Gasteiger partial charge in [-0.3, -0.25) is 0 Å². The zero-order chi connectivity index (χ0) is 13.2. The number of carboxylic acid groups (broad SMARTS) is 1. The van der Waals surface area contributed by atoms with Gasteiger partial charge in [0.2, 0.25) is 0 Å². The Hall–Kier alpha value is -1.65. The van der Waals surface area contributed by atoms with Gasteiger partial charge in [-0.05, 0) is 30.7 Å². The van der Waals surface area contributed by atoms with Crippen molar-refractivity contribution in [1.82, 2.24) is 4.98 Å². The number of carbonyl (C=O) groups is 1. The third kappa shape index (κ3) is 2.30. The Bertz CT molecular complexity index is 453. The van der Waals surface area contributed by atoms with Crippen LogP contribution in [0, 0.1) is 11.2 Å². The molecule has 2 rings (SSSR count). The lowest BCUT2D eigenvalue weighted by Crippen LogP contribution is -2.36. The average molecular weight is 252 g/mol. The summed E-state index contributed by atoms with van der Waals surface area (Å²) in [6, 6.07) is 1.17. The number of aromatic carboxylic acids is 1. The number of nitrogens with one attached hydrogen (secondary N) is 1. The molecular weight excluding hydrogens is 235 g/mol. The van der Waals surface area contributed by atoms with E-state index in [2.05, 4.69) is 17.2 Å². The van der Waals surface area contributed by atoms with Crippen molar-refractivity contribution in [2.75, 3.05) is 11.9 Å². The molecule has 0 saturated heterocycles. The Morgan fingerprint density at radius 2 is 2.33 bits per heavy atom. The van der Waals surface area contributed by atoms with E-state index in [0.29, 0.717) is 6.54 Å². The van der Waals surface area contributed by atoms with Gasteiger partial charge in [0.1, 0.15) is 5.56 Å². The highest BCUT2D eigenvalue weighted by Gasteiger charge is 2.35. The number of aromatic nitrogens is 1. The van der Waals surface area contributed by atoms with Crippen LogP contribution < -0.4 is 5.32 Å². The maximum absolute atomic E-state index is 13.8. The van der Waals surface area contributed by atoms with Gasteiger partial charge >= 0.3 is 5.97 Å². The van der Waals surface area contributed by atoms with E-state index in [1.165, 1.54) is 18.7 Å². The first-order valence-electron chi connectivity index (χ1n) is 6.20. The summed E-state index contributed by atoms with van der Waals surface area (Å²) in [5.74, 6) is -2.02. The van der Waals surface area contributed by atoms with Crippen LogP contribution in [0.2, 0.25) is 0 Å². The van der Waals surface area contributed by atoms with E-state index in [0.717, 1.165) is 19.3 Å². The molecule has 1 heterocycles. The molecule has 4 nitrogen and oxygen atoms in total. The highest BCUT2D eigenvalue weighted by Crippen LogP contribution is 2.43. The Morgan fingerprint density at radius 1 is 1.61 bits per heavy atom. The van der Waals surface area contributed by atoms with Crippen LogP contribution in [-0.4, -0.2) is 22.6 Å². The highest BCUT2D eigenvalue weighted by atomic mass is 19.1. The van der Waals surface area contributed by atoms with E-state index in [1.807, 2.05) is 0 Å². The first-order chi connectivity index (χ1) is 8.58. The number of halogens is 1. The number of anilines is 1. The number of pyridine rings is 1. The Kier molecular flexibility index (Phi) is 3.50. The predicted molar refractivity (Wildman–Crippen MR) is 66.2 cm³/mol. The van der Waals surface area contributed by atoms with Crippen LogP contribution in [0.3, 0.4) is 0 Å². The van der Waals surface area contributed by atoms with Crippen LogP contribution in [0.15, 0.2) is 12.3 Å². The molecule has 1 aromatic heterocycles. The lowest BCUT2D eigenvalue weighted by Gasteiger charge is -2.41. The maximum Gasteiger partial charge on any atom is 0.338 e. The molecule has 0 atom stereocenters. The summed E-state index contributed by atoms with van der Waals surface area (Å²) in [6.45, 7) is 2.77. The molecule has 0 bridgehead atoms. The summed E-state index contributed by atoms with van der Waals surface area (Å²) < 4.78 is 13.8. The van der Waals surface area contributed by atoms with Gasteiger partial charge in [0, 0.05) is 12.7 Å². The molecule has 2 N–H and O–H groups in total. The molecule has 1 fully saturated rings. The van der Waals surface area contributed by atoms with Crippen molar-refractivity contribution in [2.24, 2.45) is 5.41 Å². The fourth-order valence-electron chi connectivity index (χ4n) is 2.34. The molecule has 0 amide bonds. The molecule has 18 heavy (non-hydrogen) atoms. The predicted octanol–water partition coefficient (Wildman–Crippen LogP) is 2.91. The van der Waals surface area contributed by atoms with Crippen molar-refractivity contribution in [3.63, 3.8) is 0 Å². The number of rotatable bonds is 5. The van der Waals surface area contributed by atoms with Gasteiger partial charge in [-0.15, -0.1) is 0 Å². The fourth-order valence-corrected chi connectivity index (χ4v) is 2.34. The molecule has 1 aromatic rings. The minimum atomic E-state index is -1.27. The lowest BCUT2D eigenvalue weighted by molar-refractivity contribution is 0.0692. The fraction of sp³-hybridized carbons (Fsp3) is 0.538. The van der Waals surface area contributed by atoms with Crippen LogP contribution in [-0.2, 0) is 0 Å². The smallest absolute Gasteiger partial charge is 0.338 e. The van der Waals surface area contributed by atoms with E-state index in [1.54, 1.807) is 0 Å². The molecular formula is C13H17FN2O2. The van der Waals surface area contributed by atoms with Gasteiger partial charge in [-0.25, -0.2) is 14.2 Å². The van der Waals surface area contributed by atoms with E-state index in [9.17, 15) is 9.18 Å². The second-order valence-corrected chi connectivity index (χ2v) is 4.89. The van der Waals surface area contributed by atoms with Crippen molar-refractivity contribution in [1.29, 1.82) is 0 Å². The van der Waals surface area contributed by atoms with Gasteiger partial charge in [0.15, 0.2) is 11.6 Å². The van der Waals surface area contributed by atoms with Gasteiger partial charge in [0.05, 0.1) is 0 Å². The summed E-state index contributed by atoms with van der Waals surface area (Å²) in [5, 5.41) is 11.8. The molecule has 0 radical (unpaired) electrons. The molecule has 5 heteroatoms. The third-order valence-electron chi connectivity index (χ3n) is 3.91. The van der Waals surface area contributed by atoms with E-state index in [4.69, 9.17) is 5.11 Å². The summed E-state index contributed by atoms with van der Waals surface area (Å²) in [5.41, 5.74) is -0.112. The second-order valence-electron chi connectivity index (χ2n) is 4.89. The van der Waals surface area contributed by atoms with Crippen LogP contribution in [0.5, 0.6) is 0 Å². The monoisotopic (exact) mass is 252 g/mol.